The van der Waals surface area contributed by atoms with E-state index in [1.54, 1.807) is 32.8 Å². The Morgan fingerprint density at radius 1 is 1.04 bits per heavy atom. The molecule has 0 saturated carbocycles. The molecule has 0 radical (unpaired) electrons. The molecule has 0 heterocycles. The molecule has 0 spiro atoms. The van der Waals surface area contributed by atoms with E-state index >= 15 is 0 Å². The first-order valence-electron chi connectivity index (χ1n) is 8.50. The Morgan fingerprint density at radius 3 is 1.96 bits per heavy atom. The van der Waals surface area contributed by atoms with Gasteiger partial charge in [-0.3, -0.25) is 14.4 Å². The second-order valence-electron chi connectivity index (χ2n) is 7.14. The largest absolute Gasteiger partial charge is 0.357 e. The number of nitrogens with zero attached hydrogens (tertiary/aromatic N) is 1. The molecule has 0 aromatic rings. The van der Waals surface area contributed by atoms with Gasteiger partial charge in [-0.15, -0.1) is 0 Å². The number of carbonyl (C=O) groups is 3. The molecule has 0 aliphatic heterocycles. The van der Waals surface area contributed by atoms with Gasteiger partial charge in [-0.2, -0.15) is 0 Å². The highest BCUT2D eigenvalue weighted by Gasteiger charge is 2.38. The summed E-state index contributed by atoms with van der Waals surface area (Å²) in [5.41, 5.74) is -0.478. The van der Waals surface area contributed by atoms with E-state index in [0.717, 1.165) is 6.42 Å². The van der Waals surface area contributed by atoms with E-state index in [9.17, 15) is 14.4 Å². The zero-order valence-corrected chi connectivity index (χ0v) is 16.3. The van der Waals surface area contributed by atoms with E-state index in [-0.39, 0.29) is 17.7 Å². The maximum atomic E-state index is 13.1. The molecule has 0 aliphatic carbocycles. The molecule has 0 saturated heterocycles. The van der Waals surface area contributed by atoms with Crippen LogP contribution in [0.4, 0.5) is 0 Å². The molecule has 3 atom stereocenters. The zero-order chi connectivity index (χ0) is 19.1. The van der Waals surface area contributed by atoms with Crippen LogP contribution in [0.1, 0.15) is 48.0 Å². The topological polar surface area (TPSA) is 90.5 Å². The second kappa shape index (κ2) is 9.61. The van der Waals surface area contributed by atoms with Gasteiger partial charge in [-0.25, -0.2) is 0 Å². The molecule has 0 fully saturated rings. The minimum Gasteiger partial charge on any atom is -0.357 e. The Balaban J connectivity index is 5.53. The Bertz CT molecular complexity index is 446. The molecule has 2 unspecified atom stereocenters. The van der Waals surface area contributed by atoms with Crippen molar-refractivity contribution < 1.29 is 14.4 Å². The summed E-state index contributed by atoms with van der Waals surface area (Å²) in [5, 5.41) is 8.27. The van der Waals surface area contributed by atoms with E-state index in [0.29, 0.717) is 6.54 Å². The molecular weight excluding hydrogens is 308 g/mol. The summed E-state index contributed by atoms with van der Waals surface area (Å²) in [7, 11) is 3.24. The van der Waals surface area contributed by atoms with Crippen LogP contribution in [-0.2, 0) is 14.4 Å². The van der Waals surface area contributed by atoms with Crippen LogP contribution in [0.3, 0.4) is 0 Å². The third-order valence-corrected chi connectivity index (χ3v) is 4.07. The third-order valence-electron chi connectivity index (χ3n) is 4.07. The predicted molar refractivity (Wildman–Crippen MR) is 95.4 cm³/mol. The van der Waals surface area contributed by atoms with Crippen LogP contribution in [0.2, 0.25) is 0 Å². The molecule has 3 N–H and O–H groups in total. The lowest BCUT2D eigenvalue weighted by Crippen LogP contribution is -2.60. The fourth-order valence-electron chi connectivity index (χ4n) is 2.30. The number of nitrogens with one attached hydrogen (secondary N) is 3. The van der Waals surface area contributed by atoms with Gasteiger partial charge in [0.15, 0.2) is 0 Å². The quantitative estimate of drug-likeness (QED) is 0.599. The Hall–Kier alpha value is -1.63. The lowest BCUT2D eigenvalue weighted by atomic mass is 9.85. The molecular formula is C17H34N4O3. The number of hydrogen-bond acceptors (Lipinski definition) is 4. The highest BCUT2D eigenvalue weighted by atomic mass is 16.2. The first-order chi connectivity index (χ1) is 11.0. The third kappa shape index (κ3) is 6.11. The summed E-state index contributed by atoms with van der Waals surface area (Å²) < 4.78 is 0. The Kier molecular flexibility index (Phi) is 8.96. The lowest BCUT2D eigenvalue weighted by Gasteiger charge is -2.37. The number of likely N-dealkylation sites (N-methyl/N-ethyl adjacent to an activating group) is 2. The van der Waals surface area contributed by atoms with Gasteiger partial charge in [0.05, 0.1) is 6.04 Å². The second-order valence-corrected chi connectivity index (χ2v) is 7.14. The van der Waals surface area contributed by atoms with Crippen molar-refractivity contribution in [2.75, 3.05) is 20.6 Å². The summed E-state index contributed by atoms with van der Waals surface area (Å²) in [6.07, 6.45) is 0.727. The molecule has 0 bridgehead atoms. The monoisotopic (exact) mass is 342 g/mol. The molecule has 7 nitrogen and oxygen atoms in total. The molecule has 0 rings (SSSR count). The van der Waals surface area contributed by atoms with Gasteiger partial charge < -0.3 is 20.9 Å². The highest BCUT2D eigenvalue weighted by molar-refractivity contribution is 5.93. The van der Waals surface area contributed by atoms with Gasteiger partial charge >= 0.3 is 0 Å². The van der Waals surface area contributed by atoms with E-state index in [1.165, 1.54) is 0 Å². The standard InChI is InChI=1S/C17H34N4O3/c1-9-10-21(12(3)15(23)19-8)16(24)13(17(4,5)6)20-14(22)11(2)18-7/h11-13,18H,9-10H2,1-8H3,(H,19,23)(H,20,22)/t11-,12?,13?/m0/s1. The van der Waals surface area contributed by atoms with Crippen LogP contribution in [0.5, 0.6) is 0 Å². The molecule has 0 aliphatic rings. The van der Waals surface area contributed by atoms with Gasteiger partial charge in [0, 0.05) is 13.6 Å². The van der Waals surface area contributed by atoms with Crippen molar-refractivity contribution in [3.63, 3.8) is 0 Å². The average Bonchev–Trinajstić information content (AvgIpc) is 2.53. The fourth-order valence-corrected chi connectivity index (χ4v) is 2.30. The maximum Gasteiger partial charge on any atom is 0.246 e. The van der Waals surface area contributed by atoms with Crippen LogP contribution in [-0.4, -0.2) is 61.4 Å². The van der Waals surface area contributed by atoms with E-state index in [2.05, 4.69) is 16.0 Å². The van der Waals surface area contributed by atoms with Gasteiger partial charge in [-0.1, -0.05) is 27.7 Å². The van der Waals surface area contributed by atoms with E-state index in [1.807, 2.05) is 27.7 Å². The Labute approximate surface area is 145 Å². The SMILES string of the molecule is CCCN(C(=O)C(NC(=O)[C@H](C)NC)C(C)(C)C)C(C)C(=O)NC. The van der Waals surface area contributed by atoms with Crippen molar-refractivity contribution in [3.8, 4) is 0 Å². The molecule has 140 valence electrons. The predicted octanol–water partition coefficient (Wildman–Crippen LogP) is 0.498. The minimum absolute atomic E-state index is 0.223. The average molecular weight is 342 g/mol. The van der Waals surface area contributed by atoms with Crippen molar-refractivity contribution in [3.05, 3.63) is 0 Å². The maximum absolute atomic E-state index is 13.1. The first kappa shape index (κ1) is 22.4. The van der Waals surface area contributed by atoms with Crippen LogP contribution >= 0.6 is 0 Å². The van der Waals surface area contributed by atoms with Gasteiger partial charge in [0.1, 0.15) is 12.1 Å². The van der Waals surface area contributed by atoms with Crippen molar-refractivity contribution in [2.45, 2.75) is 66.1 Å². The molecule has 24 heavy (non-hydrogen) atoms. The normalized spacial score (nSPS) is 15.2. The number of rotatable bonds is 8. The molecule has 3 amide bonds. The summed E-state index contributed by atoms with van der Waals surface area (Å²) >= 11 is 0. The lowest BCUT2D eigenvalue weighted by molar-refractivity contribution is -0.145. The summed E-state index contributed by atoms with van der Waals surface area (Å²) in [5.74, 6) is -0.702. The minimum atomic E-state index is -0.709. The van der Waals surface area contributed by atoms with Crippen molar-refractivity contribution >= 4 is 17.7 Å². The van der Waals surface area contributed by atoms with Crippen LogP contribution < -0.4 is 16.0 Å². The number of amides is 3. The van der Waals surface area contributed by atoms with Crippen molar-refractivity contribution in [1.82, 2.24) is 20.9 Å². The smallest absolute Gasteiger partial charge is 0.246 e. The molecule has 0 aromatic heterocycles. The summed E-state index contributed by atoms with van der Waals surface area (Å²) in [6.45, 7) is 11.5. The van der Waals surface area contributed by atoms with E-state index < -0.39 is 23.5 Å². The molecule has 0 aromatic carbocycles. The summed E-state index contributed by atoms with van der Waals surface area (Å²) in [6, 6.07) is -1.70. The van der Waals surface area contributed by atoms with Crippen LogP contribution in [0.25, 0.3) is 0 Å². The molecule has 7 heteroatoms. The fraction of sp³-hybridized carbons (Fsp3) is 0.824. The van der Waals surface area contributed by atoms with Gasteiger partial charge in [0.25, 0.3) is 0 Å². The highest BCUT2D eigenvalue weighted by Crippen LogP contribution is 2.22. The number of hydrogen-bond donors (Lipinski definition) is 3. The van der Waals surface area contributed by atoms with Crippen LogP contribution in [0, 0.1) is 5.41 Å². The Morgan fingerprint density at radius 2 is 1.58 bits per heavy atom. The van der Waals surface area contributed by atoms with E-state index in [4.69, 9.17) is 0 Å². The number of carbonyl (C=O) groups excluding carboxylic acids is 3. The van der Waals surface area contributed by atoms with Gasteiger partial charge in [0.2, 0.25) is 17.7 Å². The summed E-state index contributed by atoms with van der Waals surface area (Å²) in [4.78, 5) is 38.9. The van der Waals surface area contributed by atoms with Gasteiger partial charge in [-0.05, 0) is 32.7 Å². The zero-order valence-electron chi connectivity index (χ0n) is 16.3. The van der Waals surface area contributed by atoms with Crippen LogP contribution in [0.15, 0.2) is 0 Å². The first-order valence-corrected chi connectivity index (χ1v) is 8.50. The van der Waals surface area contributed by atoms with Crippen molar-refractivity contribution in [1.29, 1.82) is 0 Å². The van der Waals surface area contributed by atoms with Crippen molar-refractivity contribution in [2.24, 2.45) is 5.41 Å².